The number of aromatic nitrogens is 3. The van der Waals surface area contributed by atoms with Crippen molar-refractivity contribution in [1.82, 2.24) is 19.9 Å². The third-order valence-electron chi connectivity index (χ3n) is 8.01. The first-order chi connectivity index (χ1) is 17.8. The van der Waals surface area contributed by atoms with Gasteiger partial charge in [0.25, 0.3) is 0 Å². The van der Waals surface area contributed by atoms with Gasteiger partial charge >= 0.3 is 6.09 Å². The van der Waals surface area contributed by atoms with Crippen LogP contribution in [0.15, 0.2) is 0 Å². The van der Waals surface area contributed by atoms with Crippen LogP contribution in [0.2, 0.25) is 33.7 Å². The number of rotatable bonds is 4. The van der Waals surface area contributed by atoms with Crippen molar-refractivity contribution >= 4 is 65.9 Å². The average Bonchev–Trinajstić information content (AvgIpc) is 3.08. The smallest absolute Gasteiger partial charge is 0.410 e. The van der Waals surface area contributed by atoms with E-state index in [0.29, 0.717) is 12.4 Å². The van der Waals surface area contributed by atoms with E-state index in [-0.39, 0.29) is 56.7 Å². The summed E-state index contributed by atoms with van der Waals surface area (Å²) in [6, 6.07) is -0.755. The molecule has 0 aromatic carbocycles. The van der Waals surface area contributed by atoms with E-state index >= 15 is 4.39 Å². The second-order valence-corrected chi connectivity index (χ2v) is 18.8. The summed E-state index contributed by atoms with van der Waals surface area (Å²) >= 11 is 18.8. The second-order valence-electron chi connectivity index (χ2n) is 13.0. The Kier molecular flexibility index (Phi) is 8.15. The van der Waals surface area contributed by atoms with E-state index in [2.05, 4.69) is 48.8 Å². The Morgan fingerprint density at radius 1 is 1.05 bits per heavy atom. The van der Waals surface area contributed by atoms with Gasteiger partial charge in [-0.1, -0.05) is 44.0 Å². The first-order valence-electron chi connectivity index (χ1n) is 13.2. The number of ether oxygens (including phenoxy) is 1. The number of piperazine rings is 1. The summed E-state index contributed by atoms with van der Waals surface area (Å²) in [5.74, 6) is -0.478. The summed E-state index contributed by atoms with van der Waals surface area (Å²) in [6.45, 7) is 18.9. The zero-order valence-electron chi connectivity index (χ0n) is 23.9. The number of nitrogens with zero attached hydrogens (tertiary/aromatic N) is 5. The number of carbonyl (C=O) groups is 1. The normalized spacial score (nSPS) is 22.9. The summed E-state index contributed by atoms with van der Waals surface area (Å²) in [4.78, 5) is 29.9. The molecular formula is C26H37Cl3FN5O3Si. The Morgan fingerprint density at radius 3 is 2.28 bits per heavy atom. The van der Waals surface area contributed by atoms with Crippen LogP contribution in [0.5, 0.6) is 0 Å². The number of fused-ring (bicyclic) bond motifs is 3. The van der Waals surface area contributed by atoms with Gasteiger partial charge in [-0.2, -0.15) is 4.98 Å². The lowest BCUT2D eigenvalue weighted by molar-refractivity contribution is -0.000167. The van der Waals surface area contributed by atoms with Gasteiger partial charge in [-0.3, -0.25) is 4.90 Å². The molecular weight excluding hydrogens is 584 g/mol. The van der Waals surface area contributed by atoms with Gasteiger partial charge in [0.15, 0.2) is 19.3 Å². The van der Waals surface area contributed by atoms with E-state index in [4.69, 9.17) is 44.0 Å². The molecule has 13 heteroatoms. The first kappa shape index (κ1) is 30.5. The highest BCUT2D eigenvalue weighted by atomic mass is 35.5. The van der Waals surface area contributed by atoms with E-state index in [1.54, 1.807) is 0 Å². The van der Waals surface area contributed by atoms with Crippen molar-refractivity contribution in [1.29, 1.82) is 0 Å². The quantitative estimate of drug-likeness (QED) is 0.199. The molecule has 4 heterocycles. The molecule has 2 aromatic rings. The Hall–Kier alpha value is -1.46. The average molecular weight is 621 g/mol. The van der Waals surface area contributed by atoms with Gasteiger partial charge in [-0.15, -0.1) is 0 Å². The van der Waals surface area contributed by atoms with Crippen LogP contribution in [0.3, 0.4) is 0 Å². The number of carbonyl (C=O) groups excluding carboxylic acids is 1. The summed E-state index contributed by atoms with van der Waals surface area (Å²) in [5, 5.41) is -0.385. The SMILES string of the molecule is C[C@@H](O[Si](C)(C)C(C)(C)C)[C@@H]1[C@@H]2CC[C@H](CN1c1nc(Cl)nc3c(F)c(Cl)nc(Cl)c13)N2C(=O)OC(C)(C)C. The van der Waals surface area contributed by atoms with Crippen LogP contribution in [0.1, 0.15) is 61.3 Å². The van der Waals surface area contributed by atoms with Gasteiger partial charge in [0.2, 0.25) is 5.28 Å². The van der Waals surface area contributed by atoms with Crippen LogP contribution in [-0.2, 0) is 9.16 Å². The maximum absolute atomic E-state index is 15.1. The van der Waals surface area contributed by atoms with E-state index in [1.807, 2.05) is 37.5 Å². The number of pyridine rings is 1. The van der Waals surface area contributed by atoms with Crippen LogP contribution < -0.4 is 4.90 Å². The van der Waals surface area contributed by atoms with Crippen molar-refractivity contribution in [2.45, 2.75) is 109 Å². The fourth-order valence-corrected chi connectivity index (χ4v) is 7.42. The maximum atomic E-state index is 15.1. The summed E-state index contributed by atoms with van der Waals surface area (Å²) in [6.07, 6.45) is 0.834. The highest BCUT2D eigenvalue weighted by molar-refractivity contribution is 6.74. The summed E-state index contributed by atoms with van der Waals surface area (Å²) < 4.78 is 27.8. The fraction of sp³-hybridized carbons (Fsp3) is 0.692. The lowest BCUT2D eigenvalue weighted by atomic mass is 9.97. The van der Waals surface area contributed by atoms with Gasteiger partial charge < -0.3 is 14.1 Å². The molecule has 0 spiro atoms. The summed E-state index contributed by atoms with van der Waals surface area (Å²) in [7, 11) is -2.23. The van der Waals surface area contributed by atoms with Crippen LogP contribution in [0.4, 0.5) is 15.0 Å². The molecule has 2 fully saturated rings. The first-order valence-corrected chi connectivity index (χ1v) is 17.2. The van der Waals surface area contributed by atoms with Crippen molar-refractivity contribution in [2.24, 2.45) is 0 Å². The van der Waals surface area contributed by atoms with Crippen molar-refractivity contribution in [2.75, 3.05) is 11.4 Å². The molecule has 2 aliphatic rings. The molecule has 4 rings (SSSR count). The minimum Gasteiger partial charge on any atom is -0.444 e. The number of halogens is 4. The molecule has 2 saturated heterocycles. The Morgan fingerprint density at radius 2 is 1.69 bits per heavy atom. The molecule has 0 radical (unpaired) electrons. The van der Waals surface area contributed by atoms with E-state index in [9.17, 15) is 4.79 Å². The third-order valence-corrected chi connectivity index (χ3v) is 13.3. The molecule has 2 aliphatic heterocycles. The maximum Gasteiger partial charge on any atom is 0.410 e. The molecule has 0 saturated carbocycles. The molecule has 2 bridgehead atoms. The van der Waals surface area contributed by atoms with Crippen LogP contribution in [-0.4, -0.2) is 70.6 Å². The molecule has 8 nitrogen and oxygen atoms in total. The molecule has 39 heavy (non-hydrogen) atoms. The van der Waals surface area contributed by atoms with Gasteiger partial charge in [0.05, 0.1) is 29.6 Å². The highest BCUT2D eigenvalue weighted by Crippen LogP contribution is 2.44. The monoisotopic (exact) mass is 619 g/mol. The number of amides is 1. The second kappa shape index (κ2) is 10.4. The lowest BCUT2D eigenvalue weighted by Gasteiger charge is -2.51. The Labute approximate surface area is 245 Å². The topological polar surface area (TPSA) is 80.7 Å². The molecule has 0 unspecified atom stereocenters. The number of hydrogen-bond donors (Lipinski definition) is 0. The van der Waals surface area contributed by atoms with Crippen LogP contribution >= 0.6 is 34.8 Å². The van der Waals surface area contributed by atoms with Crippen LogP contribution in [0.25, 0.3) is 10.9 Å². The summed E-state index contributed by atoms with van der Waals surface area (Å²) in [5.41, 5.74) is -0.743. The minimum absolute atomic E-state index is 0.0262. The molecule has 1 amide bonds. The van der Waals surface area contributed by atoms with Crippen molar-refractivity contribution in [3.63, 3.8) is 0 Å². The van der Waals surface area contributed by atoms with Gasteiger partial charge in [0, 0.05) is 6.54 Å². The number of hydrogen-bond acceptors (Lipinski definition) is 7. The third kappa shape index (κ3) is 5.82. The van der Waals surface area contributed by atoms with Gasteiger partial charge in [-0.05, 0) is 70.3 Å². The molecule has 216 valence electrons. The van der Waals surface area contributed by atoms with Crippen LogP contribution in [0, 0.1) is 5.82 Å². The molecule has 2 aromatic heterocycles. The zero-order valence-corrected chi connectivity index (χ0v) is 27.2. The predicted octanol–water partition coefficient (Wildman–Crippen LogP) is 7.49. The predicted molar refractivity (Wildman–Crippen MR) is 156 cm³/mol. The lowest BCUT2D eigenvalue weighted by Crippen LogP contribution is -2.66. The number of anilines is 1. The molecule has 0 aliphatic carbocycles. The van der Waals surface area contributed by atoms with Gasteiger partial charge in [-0.25, -0.2) is 19.2 Å². The van der Waals surface area contributed by atoms with E-state index < -0.39 is 24.9 Å². The van der Waals surface area contributed by atoms with E-state index in [0.717, 1.165) is 12.8 Å². The minimum atomic E-state index is -2.23. The molecule has 0 N–H and O–H groups in total. The Balaban J connectivity index is 1.87. The largest absolute Gasteiger partial charge is 0.444 e. The van der Waals surface area contributed by atoms with E-state index in [1.165, 1.54) is 0 Å². The zero-order chi connectivity index (χ0) is 29.2. The molecule has 4 atom stereocenters. The van der Waals surface area contributed by atoms with Gasteiger partial charge in [0.1, 0.15) is 22.1 Å². The van der Waals surface area contributed by atoms with Crippen molar-refractivity contribution in [3.8, 4) is 0 Å². The standard InChI is InChI=1S/C26H37Cl3FN5O3Si/c1-13(38-39(8,9)26(5,6)7)19-15-11-10-14(35(15)24(36)37-25(2,3)4)12-34(19)22-16-18(31-23(29)33-22)17(30)21(28)32-20(16)27/h13-15,19H,10-12H2,1-9H3/t13-,14-,15+,19-/m1/s1. The fourth-order valence-electron chi connectivity index (χ4n) is 5.36. The van der Waals surface area contributed by atoms with Crippen molar-refractivity contribution in [3.05, 3.63) is 21.4 Å². The highest BCUT2D eigenvalue weighted by Gasteiger charge is 2.53. The Bertz CT molecular complexity index is 1290. The van der Waals surface area contributed by atoms with Crippen molar-refractivity contribution < 1.29 is 18.3 Å².